The van der Waals surface area contributed by atoms with Crippen LogP contribution in [0.25, 0.3) is 10.9 Å². The predicted octanol–water partition coefficient (Wildman–Crippen LogP) is 1.87. The second-order valence-corrected chi connectivity index (χ2v) is 5.06. The third-order valence-corrected chi connectivity index (χ3v) is 3.23. The number of rotatable bonds is 5. The molecule has 2 aromatic rings. The number of benzene rings is 1. The van der Waals surface area contributed by atoms with E-state index in [9.17, 15) is 4.79 Å². The number of fused-ring (bicyclic) bond motifs is 1. The smallest absolute Gasteiger partial charge is 0.221 e. The summed E-state index contributed by atoms with van der Waals surface area (Å²) < 4.78 is 0. The van der Waals surface area contributed by atoms with Crippen molar-refractivity contribution in [1.29, 1.82) is 0 Å². The van der Waals surface area contributed by atoms with Crippen LogP contribution in [-0.2, 0) is 11.2 Å². The number of nitrogens with one attached hydrogen (secondary N) is 2. The third-order valence-electron chi connectivity index (χ3n) is 3.23. The molecule has 19 heavy (non-hydrogen) atoms. The second-order valence-electron chi connectivity index (χ2n) is 5.06. The van der Waals surface area contributed by atoms with Crippen molar-refractivity contribution in [3.05, 3.63) is 35.5 Å². The normalized spacial score (nSPS) is 12.6. The van der Waals surface area contributed by atoms with E-state index >= 15 is 0 Å². The molecule has 4 nitrogen and oxygen atoms in total. The zero-order chi connectivity index (χ0) is 13.8. The molecular formula is C15H21N3O. The van der Waals surface area contributed by atoms with Gasteiger partial charge in [0.05, 0.1) is 0 Å². The lowest BCUT2D eigenvalue weighted by atomic mass is 10.1. The Kier molecular flexibility index (Phi) is 4.22. The lowest BCUT2D eigenvalue weighted by Crippen LogP contribution is -2.31. The number of H-pyrrole nitrogens is 1. The highest BCUT2D eigenvalue weighted by atomic mass is 16.1. The zero-order valence-corrected chi connectivity index (χ0v) is 11.5. The van der Waals surface area contributed by atoms with Crippen LogP contribution in [0.1, 0.15) is 24.6 Å². The number of aryl methyl sites for hydroxylation is 1. The average Bonchev–Trinajstić information content (AvgIpc) is 2.65. The highest BCUT2D eigenvalue weighted by Crippen LogP contribution is 2.21. The Bertz CT molecular complexity index is 572. The van der Waals surface area contributed by atoms with Crippen molar-refractivity contribution in [2.24, 2.45) is 5.73 Å². The SMILES string of the molecule is Cc1[nH]c2ccccc2c1CCNC(=O)CC(C)N. The van der Waals surface area contributed by atoms with E-state index in [2.05, 4.69) is 29.4 Å². The topological polar surface area (TPSA) is 70.9 Å². The van der Waals surface area contributed by atoms with Gasteiger partial charge in [-0.2, -0.15) is 0 Å². The molecule has 4 N–H and O–H groups in total. The number of nitrogens with two attached hydrogens (primary N) is 1. The minimum absolute atomic E-state index is 0.0208. The van der Waals surface area contributed by atoms with Crippen molar-refractivity contribution in [3.63, 3.8) is 0 Å². The maximum atomic E-state index is 11.5. The van der Waals surface area contributed by atoms with Crippen LogP contribution in [0.15, 0.2) is 24.3 Å². The lowest BCUT2D eigenvalue weighted by Gasteiger charge is -2.07. The van der Waals surface area contributed by atoms with Crippen LogP contribution in [0, 0.1) is 6.92 Å². The molecule has 0 fully saturated rings. The summed E-state index contributed by atoms with van der Waals surface area (Å²) in [4.78, 5) is 14.9. The van der Waals surface area contributed by atoms with Crippen molar-refractivity contribution < 1.29 is 4.79 Å². The third kappa shape index (κ3) is 3.35. The van der Waals surface area contributed by atoms with Gasteiger partial charge in [-0.1, -0.05) is 18.2 Å². The van der Waals surface area contributed by atoms with Crippen LogP contribution in [0.5, 0.6) is 0 Å². The van der Waals surface area contributed by atoms with Crippen molar-refractivity contribution in [2.45, 2.75) is 32.7 Å². The summed E-state index contributed by atoms with van der Waals surface area (Å²) in [5.74, 6) is 0.0208. The van der Waals surface area contributed by atoms with E-state index in [1.54, 1.807) is 0 Å². The molecule has 0 spiro atoms. The molecule has 1 aromatic carbocycles. The standard InChI is InChI=1S/C15H21N3O/c1-10(16)9-15(19)17-8-7-12-11(2)18-14-6-4-3-5-13(12)14/h3-6,10,18H,7-9,16H2,1-2H3,(H,17,19). The highest BCUT2D eigenvalue weighted by Gasteiger charge is 2.09. The van der Waals surface area contributed by atoms with Crippen molar-refractivity contribution in [3.8, 4) is 0 Å². The summed E-state index contributed by atoms with van der Waals surface area (Å²) >= 11 is 0. The summed E-state index contributed by atoms with van der Waals surface area (Å²) in [6.45, 7) is 4.55. The lowest BCUT2D eigenvalue weighted by molar-refractivity contribution is -0.121. The van der Waals surface area contributed by atoms with E-state index in [1.165, 1.54) is 16.6 Å². The molecule has 2 rings (SSSR count). The van der Waals surface area contributed by atoms with Gasteiger partial charge >= 0.3 is 0 Å². The molecule has 0 aliphatic carbocycles. The summed E-state index contributed by atoms with van der Waals surface area (Å²) in [6.07, 6.45) is 1.22. The van der Waals surface area contributed by atoms with Gasteiger partial charge in [-0.3, -0.25) is 4.79 Å². The minimum atomic E-state index is -0.0881. The Morgan fingerprint density at radius 3 is 2.89 bits per heavy atom. The van der Waals surface area contributed by atoms with Crippen molar-refractivity contribution >= 4 is 16.8 Å². The first kappa shape index (κ1) is 13.6. The fourth-order valence-electron chi connectivity index (χ4n) is 2.35. The molecule has 0 radical (unpaired) electrons. The fourth-order valence-corrected chi connectivity index (χ4v) is 2.35. The van der Waals surface area contributed by atoms with Gasteiger partial charge in [-0.05, 0) is 31.9 Å². The number of hydrogen-bond donors (Lipinski definition) is 3. The van der Waals surface area contributed by atoms with Crippen LogP contribution < -0.4 is 11.1 Å². The summed E-state index contributed by atoms with van der Waals surface area (Å²) in [7, 11) is 0. The van der Waals surface area contributed by atoms with Gasteiger partial charge in [0.2, 0.25) is 5.91 Å². The number of carbonyl (C=O) groups excluding carboxylic acids is 1. The van der Waals surface area contributed by atoms with Crippen molar-refractivity contribution in [1.82, 2.24) is 10.3 Å². The molecular weight excluding hydrogens is 238 g/mol. The van der Waals surface area contributed by atoms with Crippen LogP contribution in [0.3, 0.4) is 0 Å². The van der Waals surface area contributed by atoms with Crippen LogP contribution in [0.2, 0.25) is 0 Å². The van der Waals surface area contributed by atoms with Crippen LogP contribution in [-0.4, -0.2) is 23.5 Å². The number of aromatic nitrogens is 1. The fraction of sp³-hybridized carbons (Fsp3) is 0.400. The molecule has 0 bridgehead atoms. The van der Waals surface area contributed by atoms with Gasteiger partial charge in [0.15, 0.2) is 0 Å². The highest BCUT2D eigenvalue weighted by molar-refractivity contribution is 5.84. The quantitative estimate of drug-likeness (QED) is 0.767. The van der Waals surface area contributed by atoms with Crippen LogP contribution >= 0.6 is 0 Å². The van der Waals surface area contributed by atoms with Gasteiger partial charge in [-0.25, -0.2) is 0 Å². The molecule has 0 aliphatic heterocycles. The molecule has 1 unspecified atom stereocenters. The average molecular weight is 259 g/mol. The molecule has 4 heteroatoms. The van der Waals surface area contributed by atoms with E-state index in [1.807, 2.05) is 19.1 Å². The first-order chi connectivity index (χ1) is 9.08. The van der Waals surface area contributed by atoms with E-state index in [0.717, 1.165) is 11.9 Å². The zero-order valence-electron chi connectivity index (χ0n) is 11.5. The number of amides is 1. The summed E-state index contributed by atoms with van der Waals surface area (Å²) in [5, 5.41) is 4.15. The van der Waals surface area contributed by atoms with E-state index in [-0.39, 0.29) is 11.9 Å². The monoisotopic (exact) mass is 259 g/mol. The molecule has 1 heterocycles. The molecule has 102 valence electrons. The van der Waals surface area contributed by atoms with Gasteiger partial charge in [-0.15, -0.1) is 0 Å². The summed E-state index contributed by atoms with van der Waals surface area (Å²) in [6, 6.07) is 8.15. The molecule has 1 atom stereocenters. The maximum absolute atomic E-state index is 11.5. The largest absolute Gasteiger partial charge is 0.358 e. The van der Waals surface area contributed by atoms with E-state index in [4.69, 9.17) is 5.73 Å². The van der Waals surface area contributed by atoms with Gasteiger partial charge in [0.1, 0.15) is 0 Å². The Balaban J connectivity index is 1.98. The Morgan fingerprint density at radius 2 is 2.16 bits per heavy atom. The Hall–Kier alpha value is -1.81. The molecule has 1 amide bonds. The first-order valence-corrected chi connectivity index (χ1v) is 6.66. The van der Waals surface area contributed by atoms with E-state index < -0.39 is 0 Å². The minimum Gasteiger partial charge on any atom is -0.358 e. The molecule has 1 aromatic heterocycles. The van der Waals surface area contributed by atoms with Crippen molar-refractivity contribution in [2.75, 3.05) is 6.54 Å². The Morgan fingerprint density at radius 1 is 1.42 bits per heavy atom. The molecule has 0 saturated heterocycles. The second kappa shape index (κ2) is 5.89. The number of hydrogen-bond acceptors (Lipinski definition) is 2. The number of para-hydroxylation sites is 1. The first-order valence-electron chi connectivity index (χ1n) is 6.66. The maximum Gasteiger partial charge on any atom is 0.221 e. The molecule has 0 saturated carbocycles. The number of aromatic amines is 1. The Labute approximate surface area is 113 Å². The molecule has 0 aliphatic rings. The van der Waals surface area contributed by atoms with Gasteiger partial charge in [0, 0.05) is 35.6 Å². The van der Waals surface area contributed by atoms with E-state index in [0.29, 0.717) is 13.0 Å². The van der Waals surface area contributed by atoms with Gasteiger partial charge < -0.3 is 16.0 Å². The summed E-state index contributed by atoms with van der Waals surface area (Å²) in [5.41, 5.74) is 9.19. The number of carbonyl (C=O) groups is 1. The van der Waals surface area contributed by atoms with Gasteiger partial charge in [0.25, 0.3) is 0 Å². The predicted molar refractivity (Wildman–Crippen MR) is 78.0 cm³/mol. The van der Waals surface area contributed by atoms with Crippen LogP contribution in [0.4, 0.5) is 0 Å².